The number of methoxy groups -OCH3 is 3. The Kier molecular flexibility index (Phi) is 9.56. The van der Waals surface area contributed by atoms with Crippen molar-refractivity contribution in [2.75, 3.05) is 27.9 Å². The molecule has 0 radical (unpaired) electrons. The van der Waals surface area contributed by atoms with Gasteiger partial charge in [0, 0.05) is 42.7 Å². The molecular weight excluding hydrogens is 574 g/mol. The van der Waals surface area contributed by atoms with Gasteiger partial charge in [-0.05, 0) is 60.2 Å². The number of carbonyl (C=O) groups is 3. The van der Waals surface area contributed by atoms with Gasteiger partial charge in [0.2, 0.25) is 0 Å². The van der Waals surface area contributed by atoms with Crippen LogP contribution in [0.3, 0.4) is 0 Å². The number of carbonyl (C=O) groups excluding carboxylic acids is 3. The quantitative estimate of drug-likeness (QED) is 0.225. The van der Waals surface area contributed by atoms with E-state index in [1.165, 1.54) is 14.0 Å². The lowest BCUT2D eigenvalue weighted by Crippen LogP contribution is -2.36. The molecule has 2 atom stereocenters. The van der Waals surface area contributed by atoms with Gasteiger partial charge in [0.05, 0.1) is 33.5 Å². The van der Waals surface area contributed by atoms with E-state index in [-0.39, 0.29) is 30.5 Å². The predicted octanol–water partition coefficient (Wildman–Crippen LogP) is 5.79. The summed E-state index contributed by atoms with van der Waals surface area (Å²) in [6, 6.07) is 20.5. The van der Waals surface area contributed by atoms with Crippen LogP contribution >= 0.6 is 0 Å². The monoisotopic (exact) mass is 611 g/mol. The molecule has 9 nitrogen and oxygen atoms in total. The topological polar surface area (TPSA) is 109 Å². The fourth-order valence-electron chi connectivity index (χ4n) is 6.07. The summed E-state index contributed by atoms with van der Waals surface area (Å²) in [5, 5.41) is 3.39. The first-order valence-electron chi connectivity index (χ1n) is 14.8. The molecule has 234 valence electrons. The zero-order valence-electron chi connectivity index (χ0n) is 26.1. The molecule has 1 N–H and O–H groups in total. The van der Waals surface area contributed by atoms with Crippen LogP contribution in [-0.2, 0) is 25.5 Å². The highest BCUT2D eigenvalue weighted by Gasteiger charge is 2.42. The van der Waals surface area contributed by atoms with Crippen LogP contribution in [0.15, 0.2) is 89.3 Å². The number of ketones is 1. The molecule has 0 amide bonds. The van der Waals surface area contributed by atoms with Crippen molar-refractivity contribution in [2.45, 2.75) is 44.9 Å². The molecule has 0 unspecified atom stereocenters. The van der Waals surface area contributed by atoms with Crippen LogP contribution < -0.4 is 24.3 Å². The van der Waals surface area contributed by atoms with Gasteiger partial charge >= 0.3 is 11.9 Å². The average molecular weight is 612 g/mol. The fraction of sp³-hybridized carbons (Fsp3) is 0.306. The Hall–Kier alpha value is -5.05. The standard InChI is InChI=1S/C36H37NO8/c1-21-33(36(40)44-16-15-23-9-7-6-8-10-23)34(25-12-14-30(45-22(2)38)32(20-25)43-5)35-27(37-21)17-26(18-28(35)39)24-11-13-29(41-3)31(19-24)42-4/h6-14,19-20,26,34,37H,15-18H2,1-5H3/t26-,34-/m0/s1. The minimum atomic E-state index is -0.718. The van der Waals surface area contributed by atoms with E-state index in [1.54, 1.807) is 32.4 Å². The second-order valence-electron chi connectivity index (χ2n) is 11.0. The Bertz CT molecular complexity index is 1670. The van der Waals surface area contributed by atoms with Crippen molar-refractivity contribution in [3.63, 3.8) is 0 Å². The summed E-state index contributed by atoms with van der Waals surface area (Å²) < 4.78 is 27.6. The van der Waals surface area contributed by atoms with Gasteiger partial charge < -0.3 is 29.0 Å². The molecule has 9 heteroatoms. The number of allylic oxidation sites excluding steroid dienone is 3. The molecule has 0 fully saturated rings. The third kappa shape index (κ3) is 6.72. The zero-order valence-corrected chi connectivity index (χ0v) is 26.1. The molecule has 1 aliphatic heterocycles. The van der Waals surface area contributed by atoms with Crippen molar-refractivity contribution in [3.8, 4) is 23.0 Å². The van der Waals surface area contributed by atoms with Gasteiger partial charge in [-0.15, -0.1) is 0 Å². The average Bonchev–Trinajstić information content (AvgIpc) is 3.04. The molecule has 3 aromatic rings. The lowest BCUT2D eigenvalue weighted by atomic mass is 9.71. The summed E-state index contributed by atoms with van der Waals surface area (Å²) in [6.45, 7) is 3.31. The van der Waals surface area contributed by atoms with Crippen LogP contribution in [0, 0.1) is 0 Å². The highest BCUT2D eigenvalue weighted by Crippen LogP contribution is 2.47. The summed E-state index contributed by atoms with van der Waals surface area (Å²) in [6.07, 6.45) is 1.34. The lowest BCUT2D eigenvalue weighted by Gasteiger charge is -2.37. The molecule has 2 aliphatic rings. The minimum Gasteiger partial charge on any atom is -0.493 e. The minimum absolute atomic E-state index is 0.0846. The number of hydrogen-bond acceptors (Lipinski definition) is 9. The van der Waals surface area contributed by atoms with Gasteiger partial charge in [-0.3, -0.25) is 9.59 Å². The summed E-state index contributed by atoms with van der Waals surface area (Å²) in [5.41, 5.74) is 4.85. The van der Waals surface area contributed by atoms with Gasteiger partial charge in [-0.1, -0.05) is 42.5 Å². The maximum absolute atomic E-state index is 14.1. The van der Waals surface area contributed by atoms with Crippen LogP contribution in [0.5, 0.6) is 23.0 Å². The van der Waals surface area contributed by atoms with Crippen LogP contribution in [0.4, 0.5) is 0 Å². The number of dihydropyridines is 1. The highest BCUT2D eigenvalue weighted by atomic mass is 16.6. The number of esters is 2. The molecule has 1 aliphatic carbocycles. The third-order valence-electron chi connectivity index (χ3n) is 8.17. The number of ether oxygens (including phenoxy) is 5. The lowest BCUT2D eigenvalue weighted by molar-refractivity contribution is -0.139. The van der Waals surface area contributed by atoms with Crippen LogP contribution in [-0.4, -0.2) is 45.7 Å². The second kappa shape index (κ2) is 13.7. The second-order valence-corrected chi connectivity index (χ2v) is 11.0. The molecule has 1 heterocycles. The van der Waals surface area contributed by atoms with Gasteiger partial charge in [0.15, 0.2) is 28.8 Å². The Balaban J connectivity index is 1.52. The highest BCUT2D eigenvalue weighted by molar-refractivity contribution is 6.04. The molecule has 0 bridgehead atoms. The first-order chi connectivity index (χ1) is 21.7. The van der Waals surface area contributed by atoms with Crippen molar-refractivity contribution in [1.82, 2.24) is 5.32 Å². The number of hydrogen-bond donors (Lipinski definition) is 1. The molecule has 0 spiro atoms. The predicted molar refractivity (Wildman–Crippen MR) is 168 cm³/mol. The van der Waals surface area contributed by atoms with E-state index in [0.29, 0.717) is 52.5 Å². The zero-order chi connectivity index (χ0) is 32.1. The normalized spacial score (nSPS) is 17.7. The maximum atomic E-state index is 14.1. The van der Waals surface area contributed by atoms with Crippen molar-refractivity contribution < 1.29 is 38.1 Å². The van der Waals surface area contributed by atoms with E-state index in [9.17, 15) is 14.4 Å². The van der Waals surface area contributed by atoms with Crippen LogP contribution in [0.2, 0.25) is 0 Å². The van der Waals surface area contributed by atoms with E-state index in [0.717, 1.165) is 16.8 Å². The van der Waals surface area contributed by atoms with Gasteiger partial charge in [-0.25, -0.2) is 4.79 Å². The summed E-state index contributed by atoms with van der Waals surface area (Å²) >= 11 is 0. The third-order valence-corrected chi connectivity index (χ3v) is 8.17. The molecule has 45 heavy (non-hydrogen) atoms. The Morgan fingerprint density at radius 1 is 0.822 bits per heavy atom. The first kappa shape index (κ1) is 31.4. The van der Waals surface area contributed by atoms with Crippen molar-refractivity contribution in [3.05, 3.63) is 106 Å². The Labute approximate surface area is 262 Å². The number of benzene rings is 3. The molecule has 3 aromatic carbocycles. The SMILES string of the molecule is COc1ccc([C@@H]2CC(=O)C3=C(C2)NC(C)=C(C(=O)OCCc2ccccc2)[C@@H]3c2ccc(OC(C)=O)c(OC)c2)cc1OC. The van der Waals surface area contributed by atoms with Gasteiger partial charge in [0.25, 0.3) is 0 Å². The van der Waals surface area contributed by atoms with Gasteiger partial charge in [0.1, 0.15) is 0 Å². The van der Waals surface area contributed by atoms with E-state index in [4.69, 9.17) is 23.7 Å². The number of nitrogens with one attached hydrogen (secondary N) is 1. The largest absolute Gasteiger partial charge is 0.493 e. The van der Waals surface area contributed by atoms with Crippen LogP contribution in [0.1, 0.15) is 55.2 Å². The first-order valence-corrected chi connectivity index (χ1v) is 14.8. The fourth-order valence-corrected chi connectivity index (χ4v) is 6.07. The number of Topliss-reactive ketones (excluding diaryl/α,β-unsaturated/α-hetero) is 1. The molecule has 0 saturated carbocycles. The molecule has 0 saturated heterocycles. The summed E-state index contributed by atoms with van der Waals surface area (Å²) in [7, 11) is 4.63. The van der Waals surface area contributed by atoms with E-state index in [2.05, 4.69) is 5.32 Å². The Morgan fingerprint density at radius 3 is 2.16 bits per heavy atom. The van der Waals surface area contributed by atoms with E-state index in [1.807, 2.05) is 55.5 Å². The summed E-state index contributed by atoms with van der Waals surface area (Å²) in [5.74, 6) is -0.161. The smallest absolute Gasteiger partial charge is 0.336 e. The Morgan fingerprint density at radius 2 is 1.47 bits per heavy atom. The molecule has 0 aromatic heterocycles. The van der Waals surface area contributed by atoms with E-state index >= 15 is 0 Å². The van der Waals surface area contributed by atoms with Gasteiger partial charge in [-0.2, -0.15) is 0 Å². The molecule has 5 rings (SSSR count). The summed E-state index contributed by atoms with van der Waals surface area (Å²) in [4.78, 5) is 39.5. The maximum Gasteiger partial charge on any atom is 0.336 e. The van der Waals surface area contributed by atoms with Crippen LogP contribution in [0.25, 0.3) is 0 Å². The molecular formula is C36H37NO8. The van der Waals surface area contributed by atoms with Crippen molar-refractivity contribution in [1.29, 1.82) is 0 Å². The van der Waals surface area contributed by atoms with Crippen molar-refractivity contribution >= 4 is 17.7 Å². The number of rotatable bonds is 10. The van der Waals surface area contributed by atoms with E-state index < -0.39 is 17.9 Å². The van der Waals surface area contributed by atoms with Crippen molar-refractivity contribution in [2.24, 2.45) is 0 Å².